The number of hydrogen-bond donors (Lipinski definition) is 0. The number of fused-ring (bicyclic) bond motifs is 1. The number of nitrogens with zero attached hydrogens (tertiary/aromatic N) is 2. The zero-order valence-electron chi connectivity index (χ0n) is 12.7. The number of esters is 1. The maximum absolute atomic E-state index is 12.4. The van der Waals surface area contributed by atoms with Gasteiger partial charge in [-0.1, -0.05) is 0 Å². The number of hydrogen-bond acceptors (Lipinski definition) is 6. The highest BCUT2D eigenvalue weighted by Crippen LogP contribution is 2.50. The summed E-state index contributed by atoms with van der Waals surface area (Å²) in [6.07, 6.45) is 0.472. The van der Waals surface area contributed by atoms with Gasteiger partial charge in [0, 0.05) is 16.9 Å². The lowest BCUT2D eigenvalue weighted by Crippen LogP contribution is -2.57. The molecular formula is C15H16N2O5S. The van der Waals surface area contributed by atoms with E-state index < -0.39 is 16.9 Å². The van der Waals surface area contributed by atoms with E-state index >= 15 is 0 Å². The minimum absolute atomic E-state index is 0.0116. The van der Waals surface area contributed by atoms with Crippen molar-refractivity contribution in [3.8, 4) is 0 Å². The van der Waals surface area contributed by atoms with Crippen molar-refractivity contribution in [2.24, 2.45) is 0 Å². The molecule has 2 saturated heterocycles. The maximum atomic E-state index is 12.4. The van der Waals surface area contributed by atoms with Crippen LogP contribution in [0, 0.1) is 10.1 Å². The molecule has 0 saturated carbocycles. The first-order valence-electron chi connectivity index (χ1n) is 7.18. The first kappa shape index (κ1) is 15.8. The fraction of sp³-hybridized carbons (Fsp3) is 0.467. The molecule has 2 atom stereocenters. The smallest absolute Gasteiger partial charge is 0.330 e. The van der Waals surface area contributed by atoms with Crippen molar-refractivity contribution in [3.63, 3.8) is 0 Å². The van der Waals surface area contributed by atoms with Gasteiger partial charge in [-0.05, 0) is 31.5 Å². The summed E-state index contributed by atoms with van der Waals surface area (Å²) in [7, 11) is 0. The van der Waals surface area contributed by atoms with E-state index in [9.17, 15) is 19.7 Å². The van der Waals surface area contributed by atoms with Crippen LogP contribution in [0.1, 0.15) is 25.8 Å². The predicted molar refractivity (Wildman–Crippen MR) is 83.6 cm³/mol. The average molecular weight is 336 g/mol. The number of carbonyl (C=O) groups is 2. The van der Waals surface area contributed by atoms with Crippen molar-refractivity contribution in [3.05, 3.63) is 39.9 Å². The summed E-state index contributed by atoms with van der Waals surface area (Å²) in [5.41, 5.74) is 0.654. The molecule has 0 radical (unpaired) electrons. The normalized spacial score (nSPS) is 24.8. The van der Waals surface area contributed by atoms with Crippen LogP contribution in [0.3, 0.4) is 0 Å². The molecule has 0 spiro atoms. The van der Waals surface area contributed by atoms with Gasteiger partial charge in [0.1, 0.15) is 12.6 Å². The summed E-state index contributed by atoms with van der Waals surface area (Å²) in [6, 6.07) is 5.26. The molecule has 1 aromatic carbocycles. The van der Waals surface area contributed by atoms with Crippen LogP contribution in [0.5, 0.6) is 0 Å². The van der Waals surface area contributed by atoms with Crippen LogP contribution in [0.25, 0.3) is 0 Å². The standard InChI is InChI=1S/C15H16N2O5S/c1-15(2)13(16-11(18)7-12(16)23-15)14(19)22-8-9-3-5-10(6-4-9)17(20)21/h3-6,12-13H,7-8H2,1-2H3/t12-,13-/m0/s1. The predicted octanol–water partition coefficient (Wildman–Crippen LogP) is 2.09. The first-order valence-corrected chi connectivity index (χ1v) is 8.06. The lowest BCUT2D eigenvalue weighted by Gasteiger charge is -2.37. The Morgan fingerprint density at radius 3 is 2.65 bits per heavy atom. The Kier molecular flexibility index (Phi) is 3.79. The Labute approximate surface area is 137 Å². The summed E-state index contributed by atoms with van der Waals surface area (Å²) in [6.45, 7) is 3.89. The fourth-order valence-corrected chi connectivity index (χ4v) is 4.52. The molecule has 0 unspecified atom stereocenters. The Hall–Kier alpha value is -2.09. The summed E-state index contributed by atoms with van der Waals surface area (Å²) in [4.78, 5) is 35.9. The van der Waals surface area contributed by atoms with Gasteiger partial charge in [0.25, 0.3) is 5.69 Å². The van der Waals surface area contributed by atoms with E-state index in [1.54, 1.807) is 28.8 Å². The Bertz CT molecular complexity index is 673. The molecular weight excluding hydrogens is 320 g/mol. The second kappa shape index (κ2) is 5.52. The van der Waals surface area contributed by atoms with Gasteiger partial charge in [-0.3, -0.25) is 14.9 Å². The van der Waals surface area contributed by atoms with Gasteiger partial charge < -0.3 is 9.64 Å². The molecule has 0 bridgehead atoms. The van der Waals surface area contributed by atoms with Gasteiger partial charge in [-0.2, -0.15) is 0 Å². The number of β-lactam (4-membered cyclic amide) rings is 1. The number of non-ortho nitro benzene ring substituents is 1. The molecule has 2 aliphatic heterocycles. The topological polar surface area (TPSA) is 89.8 Å². The zero-order chi connectivity index (χ0) is 16.8. The minimum Gasteiger partial charge on any atom is -0.459 e. The Balaban J connectivity index is 1.65. The van der Waals surface area contributed by atoms with Crippen molar-refractivity contribution in [1.29, 1.82) is 0 Å². The SMILES string of the molecule is CC1(C)S[C@H]2CC(=O)N2[C@H]1C(=O)OCc1ccc([N+](=O)[O-])cc1. The molecule has 23 heavy (non-hydrogen) atoms. The number of ether oxygens (including phenoxy) is 1. The molecule has 2 aliphatic rings. The molecule has 8 heteroatoms. The minimum atomic E-state index is -0.586. The molecule has 3 rings (SSSR count). The highest BCUT2D eigenvalue weighted by atomic mass is 32.2. The molecule has 1 aromatic rings. The second-order valence-corrected chi connectivity index (χ2v) is 7.95. The highest BCUT2D eigenvalue weighted by molar-refractivity contribution is 8.01. The maximum Gasteiger partial charge on any atom is 0.330 e. The van der Waals surface area contributed by atoms with E-state index in [0.29, 0.717) is 12.0 Å². The Morgan fingerprint density at radius 2 is 2.09 bits per heavy atom. The average Bonchev–Trinajstić information content (AvgIpc) is 2.71. The first-order chi connectivity index (χ1) is 10.8. The molecule has 7 nitrogen and oxygen atoms in total. The van der Waals surface area contributed by atoms with Crippen molar-refractivity contribution >= 4 is 29.3 Å². The molecule has 1 amide bonds. The number of nitro benzene ring substituents is 1. The molecule has 2 heterocycles. The van der Waals surface area contributed by atoms with Crippen LogP contribution in [0.4, 0.5) is 5.69 Å². The lowest BCUT2D eigenvalue weighted by atomic mass is 9.98. The van der Waals surface area contributed by atoms with Gasteiger partial charge in [-0.15, -0.1) is 11.8 Å². The molecule has 122 valence electrons. The number of rotatable bonds is 4. The monoisotopic (exact) mass is 336 g/mol. The van der Waals surface area contributed by atoms with E-state index in [0.717, 1.165) is 0 Å². The summed E-state index contributed by atoms with van der Waals surface area (Å²) in [5, 5.41) is 10.7. The van der Waals surface area contributed by atoms with Gasteiger partial charge in [-0.25, -0.2) is 4.79 Å². The van der Waals surface area contributed by atoms with E-state index in [4.69, 9.17) is 4.74 Å². The van der Waals surface area contributed by atoms with E-state index in [1.165, 1.54) is 12.1 Å². The quantitative estimate of drug-likeness (QED) is 0.362. The van der Waals surface area contributed by atoms with Gasteiger partial charge in [0.15, 0.2) is 0 Å². The van der Waals surface area contributed by atoms with Crippen LogP contribution in [0.15, 0.2) is 24.3 Å². The van der Waals surface area contributed by atoms with Crippen molar-refractivity contribution in [1.82, 2.24) is 4.90 Å². The third-order valence-electron chi connectivity index (χ3n) is 4.08. The third kappa shape index (κ3) is 2.78. The van der Waals surface area contributed by atoms with Gasteiger partial charge in [0.05, 0.1) is 16.7 Å². The van der Waals surface area contributed by atoms with Crippen molar-refractivity contribution < 1.29 is 19.2 Å². The Morgan fingerprint density at radius 1 is 1.43 bits per heavy atom. The van der Waals surface area contributed by atoms with Gasteiger partial charge >= 0.3 is 5.97 Å². The number of carbonyl (C=O) groups excluding carboxylic acids is 2. The molecule has 0 N–H and O–H groups in total. The summed E-state index contributed by atoms with van der Waals surface area (Å²) in [5.74, 6) is -0.457. The molecule has 0 aromatic heterocycles. The van der Waals surface area contributed by atoms with E-state index in [-0.39, 0.29) is 28.3 Å². The van der Waals surface area contributed by atoms with Gasteiger partial charge in [0.2, 0.25) is 5.91 Å². The van der Waals surface area contributed by atoms with Crippen LogP contribution in [-0.4, -0.2) is 37.9 Å². The third-order valence-corrected chi connectivity index (χ3v) is 5.57. The zero-order valence-corrected chi connectivity index (χ0v) is 13.5. The summed E-state index contributed by atoms with van der Waals surface area (Å²) < 4.78 is 4.95. The van der Waals surface area contributed by atoms with E-state index in [1.807, 2.05) is 13.8 Å². The highest BCUT2D eigenvalue weighted by Gasteiger charge is 2.59. The lowest BCUT2D eigenvalue weighted by molar-refractivity contribution is -0.384. The van der Waals surface area contributed by atoms with Crippen LogP contribution in [0.2, 0.25) is 0 Å². The van der Waals surface area contributed by atoms with Crippen LogP contribution in [-0.2, 0) is 20.9 Å². The van der Waals surface area contributed by atoms with E-state index in [2.05, 4.69) is 0 Å². The number of amides is 1. The number of thioether (sulfide) groups is 1. The van der Waals surface area contributed by atoms with Crippen LogP contribution >= 0.6 is 11.8 Å². The second-order valence-electron chi connectivity index (χ2n) is 6.11. The summed E-state index contributed by atoms with van der Waals surface area (Å²) >= 11 is 1.61. The number of benzene rings is 1. The van der Waals surface area contributed by atoms with Crippen molar-refractivity contribution in [2.75, 3.05) is 0 Å². The molecule has 0 aliphatic carbocycles. The van der Waals surface area contributed by atoms with Crippen LogP contribution < -0.4 is 0 Å². The fourth-order valence-electron chi connectivity index (χ4n) is 2.90. The number of nitro groups is 1. The van der Waals surface area contributed by atoms with Crippen molar-refractivity contribution in [2.45, 2.75) is 43.0 Å². The largest absolute Gasteiger partial charge is 0.459 e. The molecule has 2 fully saturated rings.